The summed E-state index contributed by atoms with van der Waals surface area (Å²) < 4.78 is 41.1. The van der Waals surface area contributed by atoms with Gasteiger partial charge in [0.05, 0.1) is 10.8 Å². The van der Waals surface area contributed by atoms with Gasteiger partial charge in [-0.25, -0.2) is 12.8 Å². The van der Waals surface area contributed by atoms with E-state index in [0.717, 1.165) is 18.4 Å². The predicted molar refractivity (Wildman–Crippen MR) is 109 cm³/mol. The van der Waals surface area contributed by atoms with E-state index >= 15 is 0 Å². The Labute approximate surface area is 175 Å². The number of hydrogen-bond donors (Lipinski definition) is 0. The van der Waals surface area contributed by atoms with Crippen LogP contribution in [0.15, 0.2) is 53.4 Å². The average molecular weight is 437 g/mol. The minimum atomic E-state index is -3.76. The van der Waals surface area contributed by atoms with Gasteiger partial charge in [-0.05, 0) is 54.8 Å². The molecular weight excluding hydrogens is 415 g/mol. The summed E-state index contributed by atoms with van der Waals surface area (Å²) in [4.78, 5) is 15.1. The van der Waals surface area contributed by atoms with Gasteiger partial charge in [0.15, 0.2) is 0 Å². The molecule has 2 aromatic rings. The number of nitrogens with zero attached hydrogens (tertiary/aromatic N) is 2. The number of sulfonamides is 1. The van der Waals surface area contributed by atoms with Gasteiger partial charge in [-0.1, -0.05) is 23.7 Å². The first-order chi connectivity index (χ1) is 13.9. The molecule has 0 N–H and O–H groups in total. The number of halogens is 2. The van der Waals surface area contributed by atoms with E-state index in [0.29, 0.717) is 18.1 Å². The van der Waals surface area contributed by atoms with Gasteiger partial charge in [0, 0.05) is 37.1 Å². The van der Waals surface area contributed by atoms with Crippen molar-refractivity contribution < 1.29 is 17.6 Å². The summed E-state index contributed by atoms with van der Waals surface area (Å²) in [5.74, 6) is -1.18. The number of benzene rings is 2. The van der Waals surface area contributed by atoms with Crippen molar-refractivity contribution in [3.63, 3.8) is 0 Å². The van der Waals surface area contributed by atoms with E-state index in [-0.39, 0.29) is 35.6 Å². The quantitative estimate of drug-likeness (QED) is 0.737. The molecule has 154 valence electrons. The van der Waals surface area contributed by atoms with Gasteiger partial charge in [-0.15, -0.1) is 0 Å². The van der Waals surface area contributed by atoms with Crippen LogP contribution in [0.1, 0.15) is 24.3 Å². The minimum Gasteiger partial charge on any atom is -0.342 e. The highest BCUT2D eigenvalue weighted by molar-refractivity contribution is 7.89. The molecule has 5 nitrogen and oxygen atoms in total. The lowest BCUT2D eigenvalue weighted by Gasteiger charge is -2.24. The van der Waals surface area contributed by atoms with Gasteiger partial charge in [-0.3, -0.25) is 4.79 Å². The molecule has 0 radical (unpaired) electrons. The highest BCUT2D eigenvalue weighted by Gasteiger charge is 2.45. The molecule has 2 fully saturated rings. The molecule has 0 bridgehead atoms. The van der Waals surface area contributed by atoms with E-state index in [4.69, 9.17) is 11.6 Å². The molecule has 2 unspecified atom stereocenters. The number of hydrogen-bond acceptors (Lipinski definition) is 3. The number of carbonyl (C=O) groups is 1. The zero-order valence-electron chi connectivity index (χ0n) is 15.8. The molecule has 2 aliphatic rings. The van der Waals surface area contributed by atoms with E-state index in [2.05, 4.69) is 0 Å². The smallest absolute Gasteiger partial charge is 0.243 e. The Morgan fingerprint density at radius 3 is 2.21 bits per heavy atom. The summed E-state index contributed by atoms with van der Waals surface area (Å²) in [5, 5.41) is 0.455. The number of likely N-dealkylation sites (tertiary alicyclic amines) is 1. The fourth-order valence-electron chi connectivity index (χ4n) is 4.19. The van der Waals surface area contributed by atoms with Crippen LogP contribution < -0.4 is 0 Å². The van der Waals surface area contributed by atoms with Crippen molar-refractivity contribution >= 4 is 27.5 Å². The lowest BCUT2D eigenvalue weighted by Crippen LogP contribution is -2.37. The Bertz CT molecular complexity index is 990. The molecule has 2 atom stereocenters. The Kier molecular flexibility index (Phi) is 5.64. The van der Waals surface area contributed by atoms with Crippen molar-refractivity contribution in [2.45, 2.75) is 23.7 Å². The molecule has 0 aliphatic carbocycles. The second-order valence-corrected chi connectivity index (χ2v) is 9.95. The zero-order chi connectivity index (χ0) is 20.6. The van der Waals surface area contributed by atoms with E-state index in [1.807, 2.05) is 4.90 Å². The first-order valence-electron chi connectivity index (χ1n) is 9.66. The van der Waals surface area contributed by atoms with Crippen LogP contribution >= 0.6 is 11.6 Å². The van der Waals surface area contributed by atoms with E-state index in [1.54, 1.807) is 12.1 Å². The highest BCUT2D eigenvalue weighted by Crippen LogP contribution is 2.37. The van der Waals surface area contributed by atoms with Crippen LogP contribution in [0.4, 0.5) is 4.39 Å². The van der Waals surface area contributed by atoms with Crippen molar-refractivity contribution in [1.82, 2.24) is 9.21 Å². The topological polar surface area (TPSA) is 57.7 Å². The Morgan fingerprint density at radius 1 is 0.966 bits per heavy atom. The third kappa shape index (κ3) is 4.04. The van der Waals surface area contributed by atoms with Crippen LogP contribution in [0.25, 0.3) is 0 Å². The summed E-state index contributed by atoms with van der Waals surface area (Å²) >= 11 is 5.89. The molecule has 0 saturated carbocycles. The fourth-order valence-corrected chi connectivity index (χ4v) is 5.81. The summed E-state index contributed by atoms with van der Waals surface area (Å²) in [6.45, 7) is 1.70. The lowest BCUT2D eigenvalue weighted by molar-refractivity contribution is -0.134. The number of amides is 1. The van der Waals surface area contributed by atoms with Crippen molar-refractivity contribution in [3.8, 4) is 0 Å². The molecule has 4 rings (SSSR count). The molecule has 2 aliphatic heterocycles. The van der Waals surface area contributed by atoms with E-state index < -0.39 is 15.9 Å². The second-order valence-electron chi connectivity index (χ2n) is 7.57. The molecule has 1 amide bonds. The fraction of sp³-hybridized carbons (Fsp3) is 0.381. The predicted octanol–water partition coefficient (Wildman–Crippen LogP) is 3.51. The third-order valence-corrected chi connectivity index (χ3v) is 7.87. The monoisotopic (exact) mass is 436 g/mol. The summed E-state index contributed by atoms with van der Waals surface area (Å²) in [5.41, 5.74) is 0.776. The molecule has 29 heavy (non-hydrogen) atoms. The van der Waals surface area contributed by atoms with Crippen LogP contribution in [0.3, 0.4) is 0 Å². The largest absolute Gasteiger partial charge is 0.342 e. The normalized spacial score (nSPS) is 22.9. The third-order valence-electron chi connectivity index (χ3n) is 5.77. The minimum absolute atomic E-state index is 0.0226. The van der Waals surface area contributed by atoms with Gasteiger partial charge in [-0.2, -0.15) is 4.31 Å². The van der Waals surface area contributed by atoms with Crippen LogP contribution in [0.2, 0.25) is 5.02 Å². The highest BCUT2D eigenvalue weighted by atomic mass is 35.5. The van der Waals surface area contributed by atoms with Crippen molar-refractivity contribution in [2.75, 3.05) is 26.2 Å². The van der Waals surface area contributed by atoms with E-state index in [9.17, 15) is 17.6 Å². The first kappa shape index (κ1) is 20.3. The zero-order valence-corrected chi connectivity index (χ0v) is 17.4. The SMILES string of the molecule is O=C(C1CN(S(=O)(=O)c2ccc(Cl)cc2)CC1c1ccc(F)cc1)N1CCCC1. The maximum Gasteiger partial charge on any atom is 0.243 e. The molecule has 2 saturated heterocycles. The first-order valence-corrected chi connectivity index (χ1v) is 11.5. The maximum atomic E-state index is 13.4. The van der Waals surface area contributed by atoms with Gasteiger partial charge < -0.3 is 4.90 Å². The summed E-state index contributed by atoms with van der Waals surface area (Å²) in [6, 6.07) is 12.0. The van der Waals surface area contributed by atoms with Crippen LogP contribution in [0.5, 0.6) is 0 Å². The Hall–Kier alpha value is -1.96. The van der Waals surface area contributed by atoms with Gasteiger partial charge in [0.25, 0.3) is 0 Å². The molecule has 0 spiro atoms. The van der Waals surface area contributed by atoms with Gasteiger partial charge in [0.2, 0.25) is 15.9 Å². The number of carbonyl (C=O) groups excluding carboxylic acids is 1. The Morgan fingerprint density at radius 2 is 1.59 bits per heavy atom. The second kappa shape index (κ2) is 8.05. The number of rotatable bonds is 4. The average Bonchev–Trinajstić information content (AvgIpc) is 3.39. The van der Waals surface area contributed by atoms with Crippen molar-refractivity contribution in [1.29, 1.82) is 0 Å². The maximum absolute atomic E-state index is 13.4. The standard InChI is InChI=1S/C21H22ClFN2O3S/c22-16-5-9-18(10-6-16)29(27,28)25-13-19(15-3-7-17(23)8-4-15)20(14-25)21(26)24-11-1-2-12-24/h3-10,19-20H,1-2,11-14H2. The molecule has 2 aromatic carbocycles. The van der Waals surface area contributed by atoms with Gasteiger partial charge >= 0.3 is 0 Å². The molecule has 8 heteroatoms. The van der Waals surface area contributed by atoms with Gasteiger partial charge in [0.1, 0.15) is 5.82 Å². The van der Waals surface area contributed by atoms with Crippen LogP contribution in [-0.4, -0.2) is 49.7 Å². The van der Waals surface area contributed by atoms with E-state index in [1.165, 1.54) is 40.7 Å². The molecule has 0 aromatic heterocycles. The molecule has 2 heterocycles. The summed E-state index contributed by atoms with van der Waals surface area (Å²) in [6.07, 6.45) is 1.93. The van der Waals surface area contributed by atoms with Crippen LogP contribution in [-0.2, 0) is 14.8 Å². The van der Waals surface area contributed by atoms with Crippen molar-refractivity contribution in [2.24, 2.45) is 5.92 Å². The van der Waals surface area contributed by atoms with Crippen LogP contribution in [0, 0.1) is 11.7 Å². The molecular formula is C21H22ClFN2O3S. The Balaban J connectivity index is 1.66. The summed E-state index contributed by atoms with van der Waals surface area (Å²) in [7, 11) is -3.76. The lowest BCUT2D eigenvalue weighted by atomic mass is 9.88. The van der Waals surface area contributed by atoms with Crippen molar-refractivity contribution in [3.05, 3.63) is 64.9 Å².